The molecule has 0 aliphatic carbocycles. The third-order valence-electron chi connectivity index (χ3n) is 4.48. The highest BCUT2D eigenvalue weighted by Crippen LogP contribution is 2.33. The topological polar surface area (TPSA) is 110 Å². The molecule has 0 radical (unpaired) electrons. The van der Waals surface area contributed by atoms with Crippen LogP contribution in [0.5, 0.6) is 11.5 Å². The number of pyridine rings is 1. The molecule has 2 N–H and O–H groups in total. The normalized spacial score (nSPS) is 17.6. The molecule has 0 unspecified atom stereocenters. The molecule has 1 saturated heterocycles. The zero-order valence-corrected chi connectivity index (χ0v) is 14.9. The molecule has 0 saturated carbocycles. The summed E-state index contributed by atoms with van der Waals surface area (Å²) < 4.78 is 10.6. The summed E-state index contributed by atoms with van der Waals surface area (Å²) in [5, 5.41) is 5.28. The van der Waals surface area contributed by atoms with E-state index >= 15 is 0 Å². The van der Waals surface area contributed by atoms with Crippen molar-refractivity contribution in [3.05, 3.63) is 48.2 Å². The molecule has 1 aromatic carbocycles. The van der Waals surface area contributed by atoms with Crippen LogP contribution in [-0.4, -0.2) is 40.6 Å². The van der Waals surface area contributed by atoms with Crippen molar-refractivity contribution in [2.45, 2.75) is 25.4 Å². The number of ether oxygens (including phenoxy) is 2. The fourth-order valence-corrected chi connectivity index (χ4v) is 3.06. The molecule has 0 spiro atoms. The first-order valence-electron chi connectivity index (χ1n) is 8.81. The Hall–Kier alpha value is -3.62. The minimum absolute atomic E-state index is 0.0884. The van der Waals surface area contributed by atoms with Crippen molar-refractivity contribution >= 4 is 23.7 Å². The highest BCUT2D eigenvalue weighted by molar-refractivity contribution is 6.04. The van der Waals surface area contributed by atoms with E-state index < -0.39 is 12.1 Å². The van der Waals surface area contributed by atoms with Crippen LogP contribution in [0.3, 0.4) is 0 Å². The van der Waals surface area contributed by atoms with Gasteiger partial charge in [-0.1, -0.05) is 12.1 Å². The predicted octanol–water partition coefficient (Wildman–Crippen LogP) is 1.65. The van der Waals surface area contributed by atoms with Crippen molar-refractivity contribution in [1.82, 2.24) is 15.2 Å². The Kier molecular flexibility index (Phi) is 4.79. The van der Waals surface area contributed by atoms with Crippen LogP contribution in [0.25, 0.3) is 0 Å². The van der Waals surface area contributed by atoms with Gasteiger partial charge in [0.05, 0.1) is 6.54 Å². The maximum Gasteiger partial charge on any atom is 0.325 e. The SMILES string of the molecule is O=C(CC[C@H]1NC(=O)N(Cc2ccc3c(c2)OCO3)C1=O)Nc1ccccn1. The van der Waals surface area contributed by atoms with E-state index in [9.17, 15) is 14.4 Å². The van der Waals surface area contributed by atoms with Gasteiger partial charge in [0, 0.05) is 12.6 Å². The van der Waals surface area contributed by atoms with E-state index in [1.54, 1.807) is 42.6 Å². The van der Waals surface area contributed by atoms with E-state index in [1.807, 2.05) is 0 Å². The van der Waals surface area contributed by atoms with Crippen molar-refractivity contribution in [2.24, 2.45) is 0 Å². The van der Waals surface area contributed by atoms with E-state index in [0.29, 0.717) is 17.3 Å². The summed E-state index contributed by atoms with van der Waals surface area (Å²) >= 11 is 0. The summed E-state index contributed by atoms with van der Waals surface area (Å²) in [6, 6.07) is 9.25. The number of hydrogen-bond donors (Lipinski definition) is 2. The van der Waals surface area contributed by atoms with Gasteiger partial charge in [-0.25, -0.2) is 9.78 Å². The quantitative estimate of drug-likeness (QED) is 0.735. The highest BCUT2D eigenvalue weighted by atomic mass is 16.7. The van der Waals surface area contributed by atoms with Crippen molar-refractivity contribution in [3.8, 4) is 11.5 Å². The standard InChI is InChI=1S/C19H18N4O5/c24-17(22-16-3-1-2-8-20-16)7-5-13-18(25)23(19(26)21-13)10-12-4-6-14-15(9-12)28-11-27-14/h1-4,6,8-9,13H,5,7,10-11H2,(H,21,26)(H,20,22,24)/t13-/m1/s1. The van der Waals surface area contributed by atoms with Gasteiger partial charge in [0.15, 0.2) is 11.5 Å². The second-order valence-electron chi connectivity index (χ2n) is 6.42. The summed E-state index contributed by atoms with van der Waals surface area (Å²) in [6.07, 6.45) is 1.87. The lowest BCUT2D eigenvalue weighted by molar-refractivity contribution is -0.128. The Morgan fingerprint density at radius 1 is 1.21 bits per heavy atom. The number of urea groups is 1. The Bertz CT molecular complexity index is 918. The maximum atomic E-state index is 12.6. The molecule has 9 heteroatoms. The summed E-state index contributed by atoms with van der Waals surface area (Å²) in [5.74, 6) is 1.05. The fraction of sp³-hybridized carbons (Fsp3) is 0.263. The molecule has 4 rings (SSSR count). The number of imide groups is 1. The number of rotatable bonds is 6. The van der Waals surface area contributed by atoms with Gasteiger partial charge in [-0.05, 0) is 36.2 Å². The van der Waals surface area contributed by atoms with Gasteiger partial charge in [-0.15, -0.1) is 0 Å². The molecule has 9 nitrogen and oxygen atoms in total. The van der Waals surface area contributed by atoms with Gasteiger partial charge in [0.2, 0.25) is 12.7 Å². The first-order chi connectivity index (χ1) is 13.6. The zero-order chi connectivity index (χ0) is 19.5. The van der Waals surface area contributed by atoms with Crippen LogP contribution < -0.4 is 20.1 Å². The van der Waals surface area contributed by atoms with E-state index in [1.165, 1.54) is 0 Å². The van der Waals surface area contributed by atoms with E-state index in [-0.39, 0.29) is 38.0 Å². The lowest BCUT2D eigenvalue weighted by atomic mass is 10.1. The third kappa shape index (κ3) is 3.73. The van der Waals surface area contributed by atoms with E-state index in [2.05, 4.69) is 15.6 Å². The monoisotopic (exact) mass is 382 g/mol. The first-order valence-corrected chi connectivity index (χ1v) is 8.81. The van der Waals surface area contributed by atoms with Crippen LogP contribution in [0.1, 0.15) is 18.4 Å². The average Bonchev–Trinajstić information content (AvgIpc) is 3.26. The molecule has 144 valence electrons. The molecular weight excluding hydrogens is 364 g/mol. The number of hydrogen-bond acceptors (Lipinski definition) is 6. The number of nitrogens with one attached hydrogen (secondary N) is 2. The second-order valence-corrected chi connectivity index (χ2v) is 6.42. The smallest absolute Gasteiger partial charge is 0.325 e. The number of benzene rings is 1. The minimum Gasteiger partial charge on any atom is -0.454 e. The zero-order valence-electron chi connectivity index (χ0n) is 14.9. The minimum atomic E-state index is -0.726. The molecule has 2 aromatic rings. The summed E-state index contributed by atoms with van der Waals surface area (Å²) in [5.41, 5.74) is 0.751. The second kappa shape index (κ2) is 7.55. The van der Waals surface area contributed by atoms with Gasteiger partial charge >= 0.3 is 6.03 Å². The van der Waals surface area contributed by atoms with Crippen LogP contribution >= 0.6 is 0 Å². The van der Waals surface area contributed by atoms with Crippen molar-refractivity contribution < 1.29 is 23.9 Å². The van der Waals surface area contributed by atoms with Crippen molar-refractivity contribution in [2.75, 3.05) is 12.1 Å². The largest absolute Gasteiger partial charge is 0.454 e. The van der Waals surface area contributed by atoms with Crippen molar-refractivity contribution in [1.29, 1.82) is 0 Å². The number of fused-ring (bicyclic) bond motifs is 1. The molecular formula is C19H18N4O5. The van der Waals surface area contributed by atoms with Crippen LogP contribution in [-0.2, 0) is 16.1 Å². The number of carbonyl (C=O) groups excluding carboxylic acids is 3. The van der Waals surface area contributed by atoms with Crippen LogP contribution in [0.2, 0.25) is 0 Å². The Morgan fingerprint density at radius 3 is 2.89 bits per heavy atom. The summed E-state index contributed by atoms with van der Waals surface area (Å²) in [7, 11) is 0. The molecule has 2 aliphatic rings. The fourth-order valence-electron chi connectivity index (χ4n) is 3.06. The van der Waals surface area contributed by atoms with Gasteiger partial charge in [-0.3, -0.25) is 14.5 Å². The lowest BCUT2D eigenvalue weighted by Crippen LogP contribution is -2.31. The Balaban J connectivity index is 1.33. The number of aromatic nitrogens is 1. The molecule has 0 bridgehead atoms. The van der Waals surface area contributed by atoms with Crippen LogP contribution in [0, 0.1) is 0 Å². The predicted molar refractivity (Wildman–Crippen MR) is 97.5 cm³/mol. The molecule has 1 atom stereocenters. The van der Waals surface area contributed by atoms with Gasteiger partial charge in [0.25, 0.3) is 5.91 Å². The molecule has 1 fully saturated rings. The summed E-state index contributed by atoms with van der Waals surface area (Å²) in [6.45, 7) is 0.280. The number of nitrogens with zero attached hydrogens (tertiary/aromatic N) is 2. The third-order valence-corrected chi connectivity index (χ3v) is 4.48. The average molecular weight is 382 g/mol. The number of anilines is 1. The molecule has 4 amide bonds. The molecule has 1 aromatic heterocycles. The lowest BCUT2D eigenvalue weighted by Gasteiger charge is -2.13. The van der Waals surface area contributed by atoms with Crippen LogP contribution in [0.15, 0.2) is 42.6 Å². The number of carbonyl (C=O) groups is 3. The Labute approximate surface area is 160 Å². The number of amides is 4. The summed E-state index contributed by atoms with van der Waals surface area (Å²) in [4.78, 5) is 41.9. The molecule has 3 heterocycles. The van der Waals surface area contributed by atoms with Gasteiger partial charge in [0.1, 0.15) is 11.9 Å². The van der Waals surface area contributed by atoms with E-state index in [0.717, 1.165) is 10.5 Å². The van der Waals surface area contributed by atoms with E-state index in [4.69, 9.17) is 9.47 Å². The maximum absolute atomic E-state index is 12.6. The van der Waals surface area contributed by atoms with Crippen molar-refractivity contribution in [3.63, 3.8) is 0 Å². The van der Waals surface area contributed by atoms with Gasteiger partial charge < -0.3 is 20.1 Å². The molecule has 28 heavy (non-hydrogen) atoms. The van der Waals surface area contributed by atoms with Gasteiger partial charge in [-0.2, -0.15) is 0 Å². The highest BCUT2D eigenvalue weighted by Gasteiger charge is 2.38. The Morgan fingerprint density at radius 2 is 2.07 bits per heavy atom. The first kappa shape index (κ1) is 17.8. The van der Waals surface area contributed by atoms with Crippen LogP contribution in [0.4, 0.5) is 10.6 Å². The molecule has 2 aliphatic heterocycles.